The Morgan fingerprint density at radius 1 is 1.04 bits per heavy atom. The molecule has 4 aromatic rings. The molecule has 0 aliphatic rings. The molecule has 0 amide bonds. The van der Waals surface area contributed by atoms with Gasteiger partial charge in [0.1, 0.15) is 17.3 Å². The average Bonchev–Trinajstić information content (AvgIpc) is 3.12. The molecule has 4 rings (SSSR count). The Kier molecular flexibility index (Phi) is 4.38. The fourth-order valence-electron chi connectivity index (χ4n) is 2.54. The molecule has 0 aliphatic heterocycles. The van der Waals surface area contributed by atoms with Crippen LogP contribution in [-0.4, -0.2) is 43.4 Å². The maximum atomic E-state index is 5.14. The lowest BCUT2D eigenvalue weighted by molar-refractivity contribution is 0.413. The van der Waals surface area contributed by atoms with E-state index < -0.39 is 0 Å². The quantitative estimate of drug-likeness (QED) is 0.572. The summed E-state index contributed by atoms with van der Waals surface area (Å²) < 4.78 is 6.82. The maximum absolute atomic E-state index is 5.14. The smallest absolute Gasteiger partial charge is 0.203 e. The largest absolute Gasteiger partial charge is 0.495 e. The molecule has 0 atom stereocenters. The highest BCUT2D eigenvalue weighted by Gasteiger charge is 2.11. The highest BCUT2D eigenvalue weighted by molar-refractivity contribution is 5.56. The van der Waals surface area contributed by atoms with Gasteiger partial charge in [0.25, 0.3) is 0 Å². The van der Waals surface area contributed by atoms with Gasteiger partial charge in [0.15, 0.2) is 5.65 Å². The van der Waals surface area contributed by atoms with E-state index in [1.165, 1.54) is 0 Å². The summed E-state index contributed by atoms with van der Waals surface area (Å²) >= 11 is 0. The molecule has 0 fully saturated rings. The summed E-state index contributed by atoms with van der Waals surface area (Å²) in [7, 11) is 1.60. The summed E-state index contributed by atoms with van der Waals surface area (Å²) in [5, 5.41) is 16.2. The molecule has 4 aromatic heterocycles. The predicted octanol–water partition coefficient (Wildman–Crippen LogP) is 2.24. The van der Waals surface area contributed by atoms with Crippen LogP contribution in [-0.2, 0) is 6.42 Å². The SMILES string of the molecule is COc1ccc(-c2nnc3ccc(NCCc4ccccn4)nn23)nc1. The van der Waals surface area contributed by atoms with Gasteiger partial charge in [0.2, 0.25) is 5.82 Å². The molecule has 0 aromatic carbocycles. The van der Waals surface area contributed by atoms with Crippen LogP contribution in [0.3, 0.4) is 0 Å². The van der Waals surface area contributed by atoms with E-state index in [0.717, 1.165) is 24.5 Å². The Labute approximate surface area is 149 Å². The van der Waals surface area contributed by atoms with Gasteiger partial charge in [-0.05, 0) is 36.4 Å². The van der Waals surface area contributed by atoms with E-state index in [-0.39, 0.29) is 0 Å². The van der Waals surface area contributed by atoms with Gasteiger partial charge >= 0.3 is 0 Å². The lowest BCUT2D eigenvalue weighted by atomic mass is 10.3. The topological polar surface area (TPSA) is 90.1 Å². The highest BCUT2D eigenvalue weighted by atomic mass is 16.5. The molecule has 8 nitrogen and oxygen atoms in total. The van der Waals surface area contributed by atoms with E-state index in [0.29, 0.717) is 22.9 Å². The molecule has 0 saturated heterocycles. The van der Waals surface area contributed by atoms with Crippen molar-refractivity contribution < 1.29 is 4.74 Å². The third kappa shape index (κ3) is 3.30. The van der Waals surface area contributed by atoms with Crippen LogP contribution in [0.2, 0.25) is 0 Å². The third-order valence-corrected chi connectivity index (χ3v) is 3.88. The van der Waals surface area contributed by atoms with Gasteiger partial charge in [-0.2, -0.15) is 4.52 Å². The minimum absolute atomic E-state index is 0.580. The number of fused-ring (bicyclic) bond motifs is 1. The van der Waals surface area contributed by atoms with Crippen LogP contribution < -0.4 is 10.1 Å². The fraction of sp³-hybridized carbons (Fsp3) is 0.167. The van der Waals surface area contributed by atoms with Crippen LogP contribution in [0.1, 0.15) is 5.69 Å². The van der Waals surface area contributed by atoms with Crippen molar-refractivity contribution >= 4 is 11.5 Å². The first-order chi connectivity index (χ1) is 12.8. The summed E-state index contributed by atoms with van der Waals surface area (Å²) in [5.74, 6) is 2.01. The van der Waals surface area contributed by atoms with Gasteiger partial charge in [-0.25, -0.2) is 4.98 Å². The summed E-state index contributed by atoms with van der Waals surface area (Å²) in [6.45, 7) is 0.730. The summed E-state index contributed by atoms with van der Waals surface area (Å²) in [6, 6.07) is 13.3. The Morgan fingerprint density at radius 3 is 2.77 bits per heavy atom. The normalized spacial score (nSPS) is 10.8. The molecule has 4 heterocycles. The van der Waals surface area contributed by atoms with Crippen molar-refractivity contribution in [2.24, 2.45) is 0 Å². The lowest BCUT2D eigenvalue weighted by Gasteiger charge is -2.06. The monoisotopic (exact) mass is 347 g/mol. The third-order valence-electron chi connectivity index (χ3n) is 3.88. The molecule has 0 unspecified atom stereocenters. The summed E-state index contributed by atoms with van der Waals surface area (Å²) in [4.78, 5) is 8.67. The van der Waals surface area contributed by atoms with Crippen molar-refractivity contribution in [2.75, 3.05) is 19.0 Å². The number of ether oxygens (including phenoxy) is 1. The number of anilines is 1. The number of pyridine rings is 2. The molecule has 0 radical (unpaired) electrons. The molecule has 0 spiro atoms. The van der Waals surface area contributed by atoms with E-state index in [4.69, 9.17) is 4.74 Å². The summed E-state index contributed by atoms with van der Waals surface area (Å²) in [6.07, 6.45) is 4.26. The van der Waals surface area contributed by atoms with Crippen LogP contribution in [0.5, 0.6) is 5.75 Å². The van der Waals surface area contributed by atoms with Crippen LogP contribution in [0.4, 0.5) is 5.82 Å². The molecule has 1 N–H and O–H groups in total. The molecular formula is C18H17N7O. The molecule has 26 heavy (non-hydrogen) atoms. The summed E-state index contributed by atoms with van der Waals surface area (Å²) in [5.41, 5.74) is 2.37. The van der Waals surface area contributed by atoms with Gasteiger partial charge in [0.05, 0.1) is 13.3 Å². The van der Waals surface area contributed by atoms with Crippen LogP contribution in [0.15, 0.2) is 54.9 Å². The Morgan fingerprint density at radius 2 is 2.00 bits per heavy atom. The van der Waals surface area contributed by atoms with Crippen molar-refractivity contribution in [1.82, 2.24) is 29.8 Å². The Hall–Kier alpha value is -3.55. The molecule has 0 saturated carbocycles. The predicted molar refractivity (Wildman–Crippen MR) is 97.0 cm³/mol. The van der Waals surface area contributed by atoms with Crippen LogP contribution in [0, 0.1) is 0 Å². The lowest BCUT2D eigenvalue weighted by Crippen LogP contribution is -2.09. The highest BCUT2D eigenvalue weighted by Crippen LogP contribution is 2.18. The van der Waals surface area contributed by atoms with Gasteiger partial charge in [-0.1, -0.05) is 6.07 Å². The fourth-order valence-corrected chi connectivity index (χ4v) is 2.54. The first-order valence-corrected chi connectivity index (χ1v) is 8.20. The van der Waals surface area contributed by atoms with E-state index in [1.54, 1.807) is 24.0 Å². The van der Waals surface area contributed by atoms with Gasteiger partial charge in [-0.15, -0.1) is 15.3 Å². The standard InChI is InChI=1S/C18H17N7O/c1-26-14-5-6-15(21-12-14)18-23-22-17-8-7-16(24-25(17)18)20-11-9-13-4-2-3-10-19-13/h2-8,10,12H,9,11H2,1H3,(H,20,24). The van der Waals surface area contributed by atoms with Crippen molar-refractivity contribution in [3.05, 3.63) is 60.6 Å². The minimum Gasteiger partial charge on any atom is -0.495 e. The minimum atomic E-state index is 0.580. The first-order valence-electron chi connectivity index (χ1n) is 8.20. The van der Waals surface area contributed by atoms with Gasteiger partial charge in [-0.3, -0.25) is 4.98 Å². The molecule has 8 heteroatoms. The number of nitrogens with one attached hydrogen (secondary N) is 1. The van der Waals surface area contributed by atoms with Gasteiger partial charge < -0.3 is 10.1 Å². The van der Waals surface area contributed by atoms with Crippen LogP contribution >= 0.6 is 0 Å². The number of aromatic nitrogens is 6. The van der Waals surface area contributed by atoms with E-state index in [9.17, 15) is 0 Å². The Bertz CT molecular complexity index is 999. The number of hydrogen-bond acceptors (Lipinski definition) is 7. The van der Waals surface area contributed by atoms with Crippen molar-refractivity contribution in [2.45, 2.75) is 6.42 Å². The van der Waals surface area contributed by atoms with Crippen molar-refractivity contribution in [3.8, 4) is 17.3 Å². The molecule has 130 valence electrons. The second kappa shape index (κ2) is 7.14. The van der Waals surface area contributed by atoms with Crippen molar-refractivity contribution in [1.29, 1.82) is 0 Å². The zero-order valence-electron chi connectivity index (χ0n) is 14.2. The number of methoxy groups -OCH3 is 1. The number of nitrogens with zero attached hydrogens (tertiary/aromatic N) is 6. The van der Waals surface area contributed by atoms with E-state index >= 15 is 0 Å². The molecular weight excluding hydrogens is 330 g/mol. The number of hydrogen-bond donors (Lipinski definition) is 1. The average molecular weight is 347 g/mol. The molecule has 0 bridgehead atoms. The Balaban J connectivity index is 1.54. The van der Waals surface area contributed by atoms with Crippen LogP contribution in [0.25, 0.3) is 17.2 Å². The zero-order chi connectivity index (χ0) is 17.8. The number of rotatable bonds is 6. The van der Waals surface area contributed by atoms with Crippen molar-refractivity contribution in [3.63, 3.8) is 0 Å². The molecule has 0 aliphatic carbocycles. The first kappa shape index (κ1) is 15.9. The van der Waals surface area contributed by atoms with E-state index in [1.807, 2.05) is 42.5 Å². The zero-order valence-corrected chi connectivity index (χ0v) is 14.2. The second-order valence-electron chi connectivity index (χ2n) is 5.59. The maximum Gasteiger partial charge on any atom is 0.203 e. The van der Waals surface area contributed by atoms with Gasteiger partial charge in [0, 0.05) is 24.9 Å². The second-order valence-corrected chi connectivity index (χ2v) is 5.59. The van der Waals surface area contributed by atoms with E-state index in [2.05, 4.69) is 30.6 Å².